The molecule has 0 spiro atoms. The Morgan fingerprint density at radius 1 is 1.28 bits per heavy atom. The summed E-state index contributed by atoms with van der Waals surface area (Å²) >= 11 is 1.70. The number of aryl methyl sites for hydroxylation is 1. The van der Waals surface area contributed by atoms with Gasteiger partial charge in [-0.2, -0.15) is 0 Å². The molecular formula is C15H18FNS. The summed E-state index contributed by atoms with van der Waals surface area (Å²) < 4.78 is 13.7. The molecule has 0 aliphatic heterocycles. The first-order valence-corrected chi connectivity index (χ1v) is 7.02. The Hall–Kier alpha value is -1.19. The van der Waals surface area contributed by atoms with Gasteiger partial charge in [-0.15, -0.1) is 11.3 Å². The molecule has 0 saturated heterocycles. The fourth-order valence-corrected chi connectivity index (χ4v) is 2.76. The van der Waals surface area contributed by atoms with E-state index in [1.54, 1.807) is 17.4 Å². The Balaban J connectivity index is 2.29. The summed E-state index contributed by atoms with van der Waals surface area (Å²) in [4.78, 5) is 1.22. The summed E-state index contributed by atoms with van der Waals surface area (Å²) in [5.74, 6) is -0.138. The quantitative estimate of drug-likeness (QED) is 0.864. The lowest BCUT2D eigenvalue weighted by Gasteiger charge is -2.10. The van der Waals surface area contributed by atoms with Gasteiger partial charge in [0, 0.05) is 23.0 Å². The van der Waals surface area contributed by atoms with Crippen LogP contribution in [0, 0.1) is 12.7 Å². The van der Waals surface area contributed by atoms with Crippen molar-refractivity contribution < 1.29 is 4.39 Å². The second-order valence-corrected chi connectivity index (χ2v) is 5.69. The van der Waals surface area contributed by atoms with Gasteiger partial charge < -0.3 is 5.32 Å². The first-order chi connectivity index (χ1) is 8.58. The highest BCUT2D eigenvalue weighted by Gasteiger charge is 2.08. The first kappa shape index (κ1) is 13.2. The molecule has 0 atom stereocenters. The highest BCUT2D eigenvalue weighted by atomic mass is 32.1. The molecule has 1 N–H and O–H groups in total. The van der Waals surface area contributed by atoms with E-state index in [2.05, 4.69) is 37.5 Å². The average molecular weight is 263 g/mol. The Morgan fingerprint density at radius 2 is 2.06 bits per heavy atom. The standard InChI is InChI=1S/C15H18FNS/c1-10(2)17-9-13-8-12(4-5-14(13)16)15-11(3)6-7-18-15/h4-8,10,17H,9H2,1-3H3. The molecule has 1 nitrogen and oxygen atoms in total. The fraction of sp³-hybridized carbons (Fsp3) is 0.333. The van der Waals surface area contributed by atoms with Crippen LogP contribution in [0.25, 0.3) is 10.4 Å². The summed E-state index contributed by atoms with van der Waals surface area (Å²) in [5, 5.41) is 5.32. The van der Waals surface area contributed by atoms with Crippen molar-refractivity contribution in [1.29, 1.82) is 0 Å². The maximum absolute atomic E-state index is 13.7. The smallest absolute Gasteiger partial charge is 0.127 e. The minimum Gasteiger partial charge on any atom is -0.310 e. The number of rotatable bonds is 4. The van der Waals surface area contributed by atoms with Crippen LogP contribution in [0.2, 0.25) is 0 Å². The largest absolute Gasteiger partial charge is 0.310 e. The van der Waals surface area contributed by atoms with Gasteiger partial charge in [0.25, 0.3) is 0 Å². The zero-order valence-corrected chi connectivity index (χ0v) is 11.8. The average Bonchev–Trinajstić information content (AvgIpc) is 2.74. The number of hydrogen-bond acceptors (Lipinski definition) is 2. The van der Waals surface area contributed by atoms with Crippen LogP contribution < -0.4 is 5.32 Å². The predicted molar refractivity (Wildman–Crippen MR) is 76.4 cm³/mol. The van der Waals surface area contributed by atoms with Crippen molar-refractivity contribution in [2.24, 2.45) is 0 Å². The topological polar surface area (TPSA) is 12.0 Å². The van der Waals surface area contributed by atoms with Crippen LogP contribution >= 0.6 is 11.3 Å². The highest BCUT2D eigenvalue weighted by Crippen LogP contribution is 2.30. The second kappa shape index (κ2) is 5.63. The summed E-state index contributed by atoms with van der Waals surface area (Å²) in [7, 11) is 0. The SMILES string of the molecule is Cc1ccsc1-c1ccc(F)c(CNC(C)C)c1. The van der Waals surface area contributed by atoms with Crippen molar-refractivity contribution in [2.45, 2.75) is 33.4 Å². The van der Waals surface area contributed by atoms with Crippen LogP contribution in [0.3, 0.4) is 0 Å². The van der Waals surface area contributed by atoms with Gasteiger partial charge in [0.1, 0.15) is 5.82 Å². The molecular weight excluding hydrogens is 245 g/mol. The maximum atomic E-state index is 13.7. The third kappa shape index (κ3) is 2.98. The van der Waals surface area contributed by atoms with Crippen LogP contribution in [-0.4, -0.2) is 6.04 Å². The molecule has 0 radical (unpaired) electrons. The molecule has 0 bridgehead atoms. The van der Waals surface area contributed by atoms with Crippen molar-refractivity contribution in [3.8, 4) is 10.4 Å². The van der Waals surface area contributed by atoms with E-state index >= 15 is 0 Å². The number of thiophene rings is 1. The second-order valence-electron chi connectivity index (χ2n) is 4.77. The summed E-state index contributed by atoms with van der Waals surface area (Å²) in [5.41, 5.74) is 3.08. The molecule has 0 aliphatic rings. The van der Waals surface area contributed by atoms with Crippen molar-refractivity contribution in [3.05, 3.63) is 46.6 Å². The van der Waals surface area contributed by atoms with Crippen LogP contribution in [0.15, 0.2) is 29.6 Å². The summed E-state index contributed by atoms with van der Waals surface area (Å²) in [6.45, 7) is 6.78. The van der Waals surface area contributed by atoms with E-state index in [4.69, 9.17) is 0 Å². The van der Waals surface area contributed by atoms with E-state index in [1.165, 1.54) is 10.4 Å². The van der Waals surface area contributed by atoms with Gasteiger partial charge in [0.2, 0.25) is 0 Å². The Labute approximate surface area is 112 Å². The van der Waals surface area contributed by atoms with Gasteiger partial charge in [-0.3, -0.25) is 0 Å². The summed E-state index contributed by atoms with van der Waals surface area (Å²) in [6, 6.07) is 7.81. The van der Waals surface area contributed by atoms with E-state index in [0.29, 0.717) is 12.6 Å². The molecule has 0 fully saturated rings. The molecule has 1 aromatic heterocycles. The lowest BCUT2D eigenvalue weighted by molar-refractivity contribution is 0.553. The normalized spacial score (nSPS) is 11.2. The minimum absolute atomic E-state index is 0.138. The number of nitrogens with one attached hydrogen (secondary N) is 1. The third-order valence-electron chi connectivity index (χ3n) is 2.87. The van der Waals surface area contributed by atoms with Gasteiger partial charge >= 0.3 is 0 Å². The third-order valence-corrected chi connectivity index (χ3v) is 3.94. The highest BCUT2D eigenvalue weighted by molar-refractivity contribution is 7.13. The molecule has 18 heavy (non-hydrogen) atoms. The lowest BCUT2D eigenvalue weighted by atomic mass is 10.1. The predicted octanol–water partition coefficient (Wildman–Crippen LogP) is 4.36. The Kier molecular flexibility index (Phi) is 4.15. The van der Waals surface area contributed by atoms with Gasteiger partial charge in [0.15, 0.2) is 0 Å². The van der Waals surface area contributed by atoms with E-state index < -0.39 is 0 Å². The fourth-order valence-electron chi connectivity index (χ4n) is 1.83. The van der Waals surface area contributed by atoms with Crippen molar-refractivity contribution >= 4 is 11.3 Å². The van der Waals surface area contributed by atoms with Crippen molar-refractivity contribution in [1.82, 2.24) is 5.32 Å². The molecule has 1 heterocycles. The lowest BCUT2D eigenvalue weighted by Crippen LogP contribution is -2.22. The van der Waals surface area contributed by atoms with Crippen LogP contribution in [0.4, 0.5) is 4.39 Å². The van der Waals surface area contributed by atoms with Crippen LogP contribution in [0.1, 0.15) is 25.0 Å². The molecule has 2 rings (SSSR count). The van der Waals surface area contributed by atoms with Gasteiger partial charge in [-0.25, -0.2) is 4.39 Å². The van der Waals surface area contributed by atoms with E-state index in [0.717, 1.165) is 11.1 Å². The summed E-state index contributed by atoms with van der Waals surface area (Å²) in [6.07, 6.45) is 0. The molecule has 1 aromatic carbocycles. The van der Waals surface area contributed by atoms with E-state index in [9.17, 15) is 4.39 Å². The van der Waals surface area contributed by atoms with Gasteiger partial charge in [-0.1, -0.05) is 19.9 Å². The van der Waals surface area contributed by atoms with Crippen molar-refractivity contribution in [3.63, 3.8) is 0 Å². The van der Waals surface area contributed by atoms with Gasteiger partial charge in [0.05, 0.1) is 0 Å². The monoisotopic (exact) mass is 263 g/mol. The molecule has 0 saturated carbocycles. The molecule has 3 heteroatoms. The zero-order valence-electron chi connectivity index (χ0n) is 11.0. The molecule has 0 amide bonds. The van der Waals surface area contributed by atoms with Gasteiger partial charge in [-0.05, 0) is 41.6 Å². The Bertz CT molecular complexity index is 531. The zero-order chi connectivity index (χ0) is 13.1. The van der Waals surface area contributed by atoms with Crippen LogP contribution in [0.5, 0.6) is 0 Å². The molecule has 2 aromatic rings. The maximum Gasteiger partial charge on any atom is 0.127 e. The molecule has 0 unspecified atom stereocenters. The first-order valence-electron chi connectivity index (χ1n) is 6.14. The number of hydrogen-bond donors (Lipinski definition) is 1. The van der Waals surface area contributed by atoms with Crippen LogP contribution in [-0.2, 0) is 6.54 Å². The minimum atomic E-state index is -0.138. The number of benzene rings is 1. The molecule has 0 aliphatic carbocycles. The Morgan fingerprint density at radius 3 is 2.67 bits per heavy atom. The van der Waals surface area contributed by atoms with Crippen molar-refractivity contribution in [2.75, 3.05) is 0 Å². The molecule has 96 valence electrons. The van der Waals surface area contributed by atoms with E-state index in [-0.39, 0.29) is 5.82 Å². The van der Waals surface area contributed by atoms with E-state index in [1.807, 2.05) is 12.1 Å². The number of halogens is 1.